The van der Waals surface area contributed by atoms with Crippen molar-refractivity contribution in [1.82, 2.24) is 4.90 Å². The Kier molecular flexibility index (Phi) is 6.20. The number of hydrogen-bond donors (Lipinski definition) is 1. The smallest absolute Gasteiger partial charge is 0.246 e. The zero-order chi connectivity index (χ0) is 16.7. The summed E-state index contributed by atoms with van der Waals surface area (Å²) in [5, 5.41) is 0. The predicted octanol–water partition coefficient (Wildman–Crippen LogP) is 2.21. The second-order valence-corrected chi connectivity index (χ2v) is 5.72. The molecule has 2 N–H and O–H groups in total. The maximum atomic E-state index is 12.3. The zero-order valence-corrected chi connectivity index (χ0v) is 13.5. The highest BCUT2D eigenvalue weighted by Gasteiger charge is 2.24. The number of hydrogen-bond acceptors (Lipinski definition) is 3. The average molecular weight is 316 g/mol. The van der Waals surface area contributed by atoms with E-state index in [1.807, 2.05) is 24.3 Å². The third kappa shape index (κ3) is 4.84. The molecule has 1 aliphatic heterocycles. The van der Waals surface area contributed by atoms with Gasteiger partial charge in [0.05, 0.1) is 6.61 Å². The molecule has 23 heavy (non-hydrogen) atoms. The van der Waals surface area contributed by atoms with Gasteiger partial charge in [-0.05, 0) is 31.4 Å². The van der Waals surface area contributed by atoms with Crippen LogP contribution >= 0.6 is 0 Å². The molecule has 1 aromatic rings. The van der Waals surface area contributed by atoms with Gasteiger partial charge in [0.25, 0.3) is 0 Å². The molecule has 0 unspecified atom stereocenters. The Morgan fingerprint density at radius 3 is 2.65 bits per heavy atom. The van der Waals surface area contributed by atoms with Crippen LogP contribution in [0.5, 0.6) is 5.75 Å². The topological polar surface area (TPSA) is 72.6 Å². The first-order valence-electron chi connectivity index (χ1n) is 8.10. The van der Waals surface area contributed by atoms with Gasteiger partial charge in [-0.15, -0.1) is 0 Å². The minimum atomic E-state index is -0.269. The molecule has 2 amide bonds. The van der Waals surface area contributed by atoms with Gasteiger partial charge in [0.2, 0.25) is 11.8 Å². The molecule has 2 rings (SSSR count). The fourth-order valence-corrected chi connectivity index (χ4v) is 2.61. The molecule has 5 nitrogen and oxygen atoms in total. The molecule has 0 aliphatic carbocycles. The zero-order valence-electron chi connectivity index (χ0n) is 13.5. The molecule has 0 bridgehead atoms. The predicted molar refractivity (Wildman–Crippen MR) is 89.8 cm³/mol. The Bertz CT molecular complexity index is 575. The van der Waals surface area contributed by atoms with Crippen molar-refractivity contribution in [3.63, 3.8) is 0 Å². The minimum absolute atomic E-state index is 0.0433. The van der Waals surface area contributed by atoms with Crippen LogP contribution in [0.4, 0.5) is 0 Å². The second kappa shape index (κ2) is 8.36. The molecular weight excluding hydrogens is 292 g/mol. The molecule has 1 aliphatic rings. The Hall–Kier alpha value is -2.30. The Balaban J connectivity index is 1.95. The fraction of sp³-hybridized carbons (Fsp3) is 0.444. The monoisotopic (exact) mass is 316 g/mol. The van der Waals surface area contributed by atoms with Gasteiger partial charge in [-0.2, -0.15) is 0 Å². The summed E-state index contributed by atoms with van der Waals surface area (Å²) in [6.45, 7) is 3.85. The number of ether oxygens (including phenoxy) is 1. The van der Waals surface area contributed by atoms with Crippen molar-refractivity contribution in [2.45, 2.75) is 26.2 Å². The van der Waals surface area contributed by atoms with Gasteiger partial charge in [0, 0.05) is 30.6 Å². The number of rotatable bonds is 6. The Morgan fingerprint density at radius 2 is 2.00 bits per heavy atom. The van der Waals surface area contributed by atoms with Gasteiger partial charge < -0.3 is 15.4 Å². The summed E-state index contributed by atoms with van der Waals surface area (Å²) in [6, 6.07) is 7.66. The number of piperidine rings is 1. The summed E-state index contributed by atoms with van der Waals surface area (Å²) in [7, 11) is 0. The van der Waals surface area contributed by atoms with Crippen molar-refractivity contribution in [2.75, 3.05) is 19.7 Å². The van der Waals surface area contributed by atoms with Crippen LogP contribution in [0, 0.1) is 5.92 Å². The Morgan fingerprint density at radius 1 is 1.30 bits per heavy atom. The lowest BCUT2D eigenvalue weighted by Gasteiger charge is -2.29. The molecule has 1 heterocycles. The van der Waals surface area contributed by atoms with Crippen LogP contribution in [0.25, 0.3) is 6.08 Å². The lowest BCUT2D eigenvalue weighted by molar-refractivity contribution is -0.130. The fourth-order valence-electron chi connectivity index (χ4n) is 2.61. The number of carbonyl (C=O) groups excluding carboxylic acids is 2. The molecule has 1 fully saturated rings. The SMILES string of the molecule is CCCOc1ccccc1/C=C/C(=O)N1CCC(C(N)=O)CC1. The van der Waals surface area contributed by atoms with E-state index < -0.39 is 0 Å². The van der Waals surface area contributed by atoms with E-state index in [1.54, 1.807) is 17.1 Å². The van der Waals surface area contributed by atoms with Crippen LogP contribution in [0.3, 0.4) is 0 Å². The highest BCUT2D eigenvalue weighted by Crippen LogP contribution is 2.21. The van der Waals surface area contributed by atoms with E-state index in [2.05, 4.69) is 6.92 Å². The first-order chi connectivity index (χ1) is 11.1. The number of benzene rings is 1. The van der Waals surface area contributed by atoms with E-state index >= 15 is 0 Å². The van der Waals surface area contributed by atoms with Crippen LogP contribution in [-0.4, -0.2) is 36.4 Å². The molecule has 1 aromatic carbocycles. The largest absolute Gasteiger partial charge is 0.493 e. The van der Waals surface area contributed by atoms with Crippen molar-refractivity contribution < 1.29 is 14.3 Å². The van der Waals surface area contributed by atoms with Gasteiger partial charge in [-0.25, -0.2) is 0 Å². The third-order valence-electron chi connectivity index (χ3n) is 4.00. The first-order valence-corrected chi connectivity index (χ1v) is 8.10. The van der Waals surface area contributed by atoms with Crippen LogP contribution < -0.4 is 10.5 Å². The summed E-state index contributed by atoms with van der Waals surface area (Å²) >= 11 is 0. The van der Waals surface area contributed by atoms with Gasteiger partial charge in [0.15, 0.2) is 0 Å². The minimum Gasteiger partial charge on any atom is -0.493 e. The number of nitrogens with zero attached hydrogens (tertiary/aromatic N) is 1. The second-order valence-electron chi connectivity index (χ2n) is 5.72. The van der Waals surface area contributed by atoms with E-state index in [4.69, 9.17) is 10.5 Å². The van der Waals surface area contributed by atoms with Gasteiger partial charge in [0.1, 0.15) is 5.75 Å². The molecule has 0 saturated carbocycles. The third-order valence-corrected chi connectivity index (χ3v) is 4.00. The quantitative estimate of drug-likeness (QED) is 0.818. The number of amides is 2. The normalized spacial score (nSPS) is 15.8. The maximum absolute atomic E-state index is 12.3. The van der Waals surface area contributed by atoms with Crippen molar-refractivity contribution in [3.05, 3.63) is 35.9 Å². The molecule has 1 saturated heterocycles. The number of carbonyl (C=O) groups is 2. The van der Waals surface area contributed by atoms with Crippen LogP contribution in [0.1, 0.15) is 31.7 Å². The van der Waals surface area contributed by atoms with E-state index in [0.717, 1.165) is 17.7 Å². The maximum Gasteiger partial charge on any atom is 0.246 e. The van der Waals surface area contributed by atoms with Crippen LogP contribution in [0.15, 0.2) is 30.3 Å². The molecule has 0 spiro atoms. The standard InChI is InChI=1S/C18H24N2O3/c1-2-13-23-16-6-4-3-5-14(16)7-8-17(21)20-11-9-15(10-12-20)18(19)22/h3-8,15H,2,9-13H2,1H3,(H2,19,22)/b8-7+. The van der Waals surface area contributed by atoms with E-state index in [-0.39, 0.29) is 17.7 Å². The van der Waals surface area contributed by atoms with Crippen molar-refractivity contribution in [2.24, 2.45) is 11.7 Å². The summed E-state index contributed by atoms with van der Waals surface area (Å²) in [4.78, 5) is 25.2. The van der Waals surface area contributed by atoms with Crippen LogP contribution in [-0.2, 0) is 9.59 Å². The molecule has 124 valence electrons. The highest BCUT2D eigenvalue weighted by atomic mass is 16.5. The number of likely N-dealkylation sites (tertiary alicyclic amines) is 1. The number of nitrogens with two attached hydrogens (primary N) is 1. The molecular formula is C18H24N2O3. The first kappa shape index (κ1) is 17.1. The Labute approximate surface area is 137 Å². The summed E-state index contributed by atoms with van der Waals surface area (Å²) < 4.78 is 5.68. The highest BCUT2D eigenvalue weighted by molar-refractivity contribution is 5.92. The van der Waals surface area contributed by atoms with E-state index in [9.17, 15) is 9.59 Å². The number of para-hydroxylation sites is 1. The van der Waals surface area contributed by atoms with Crippen molar-refractivity contribution in [3.8, 4) is 5.75 Å². The lowest BCUT2D eigenvalue weighted by Crippen LogP contribution is -2.41. The molecule has 0 aromatic heterocycles. The average Bonchev–Trinajstić information content (AvgIpc) is 2.58. The summed E-state index contributed by atoms with van der Waals surface area (Å²) in [6.07, 6.45) is 5.58. The van der Waals surface area contributed by atoms with Crippen molar-refractivity contribution in [1.29, 1.82) is 0 Å². The molecule has 0 atom stereocenters. The van der Waals surface area contributed by atoms with Crippen molar-refractivity contribution >= 4 is 17.9 Å². The summed E-state index contributed by atoms with van der Waals surface area (Å²) in [5.41, 5.74) is 6.20. The summed E-state index contributed by atoms with van der Waals surface area (Å²) in [5.74, 6) is 0.366. The van der Waals surface area contributed by atoms with Crippen LogP contribution in [0.2, 0.25) is 0 Å². The number of primary amides is 1. The molecule has 0 radical (unpaired) electrons. The van der Waals surface area contributed by atoms with Gasteiger partial charge in [-0.1, -0.05) is 25.1 Å². The van der Waals surface area contributed by atoms with Gasteiger partial charge >= 0.3 is 0 Å². The van der Waals surface area contributed by atoms with Gasteiger partial charge in [-0.3, -0.25) is 9.59 Å². The molecule has 5 heteroatoms. The lowest BCUT2D eigenvalue weighted by atomic mass is 9.96. The van der Waals surface area contributed by atoms with E-state index in [0.29, 0.717) is 32.5 Å². The van der Waals surface area contributed by atoms with E-state index in [1.165, 1.54) is 0 Å².